The van der Waals surface area contributed by atoms with Crippen LogP contribution in [0, 0.1) is 0 Å². The summed E-state index contributed by atoms with van der Waals surface area (Å²) in [6.45, 7) is 4.23. The van der Waals surface area contributed by atoms with E-state index in [0.717, 1.165) is 24.5 Å². The number of aliphatic hydroxyl groups is 1. The highest BCUT2D eigenvalue weighted by atomic mass is 16.5. The first-order chi connectivity index (χ1) is 8.65. The van der Waals surface area contributed by atoms with Gasteiger partial charge in [-0.3, -0.25) is 4.90 Å². The Morgan fingerprint density at radius 1 is 1.28 bits per heavy atom. The molecule has 18 heavy (non-hydrogen) atoms. The molecule has 0 bridgehead atoms. The molecule has 1 fully saturated rings. The summed E-state index contributed by atoms with van der Waals surface area (Å²) in [6, 6.07) is 8.70. The minimum Gasteiger partial charge on any atom is -0.497 e. The van der Waals surface area contributed by atoms with Crippen molar-refractivity contribution in [3.05, 3.63) is 24.3 Å². The first-order valence-corrected chi connectivity index (χ1v) is 6.37. The first kappa shape index (κ1) is 13.2. The van der Waals surface area contributed by atoms with Gasteiger partial charge < -0.3 is 14.7 Å². The molecule has 0 spiro atoms. The average molecular weight is 250 g/mol. The molecule has 0 saturated carbocycles. The molecule has 4 nitrogen and oxygen atoms in total. The molecule has 0 radical (unpaired) electrons. The van der Waals surface area contributed by atoms with Gasteiger partial charge in [-0.25, -0.2) is 0 Å². The Bertz CT molecular complexity index is 380. The van der Waals surface area contributed by atoms with Gasteiger partial charge in [0.15, 0.2) is 0 Å². The Morgan fingerprint density at radius 2 is 1.94 bits per heavy atom. The van der Waals surface area contributed by atoms with Crippen molar-refractivity contribution >= 4 is 5.69 Å². The van der Waals surface area contributed by atoms with Crippen LogP contribution in [0.3, 0.4) is 0 Å². The van der Waals surface area contributed by atoms with Crippen LogP contribution in [0.4, 0.5) is 5.69 Å². The molecule has 0 aliphatic carbocycles. The third-order valence-electron chi connectivity index (χ3n) is 3.77. The summed E-state index contributed by atoms with van der Waals surface area (Å²) in [5.41, 5.74) is 1.15. The summed E-state index contributed by atoms with van der Waals surface area (Å²) >= 11 is 0. The minimum absolute atomic E-state index is 0.166. The molecule has 2 unspecified atom stereocenters. The van der Waals surface area contributed by atoms with Crippen LogP contribution in [0.25, 0.3) is 0 Å². The molecule has 0 aromatic heterocycles. The molecular formula is C14H22N2O2. The Labute approximate surface area is 109 Å². The number of benzene rings is 1. The van der Waals surface area contributed by atoms with Crippen molar-refractivity contribution in [2.75, 3.05) is 38.8 Å². The van der Waals surface area contributed by atoms with Crippen LogP contribution in [0.15, 0.2) is 24.3 Å². The lowest BCUT2D eigenvalue weighted by molar-refractivity contribution is 0.155. The summed E-state index contributed by atoms with van der Waals surface area (Å²) in [7, 11) is 3.78. The van der Waals surface area contributed by atoms with Crippen LogP contribution in [-0.2, 0) is 0 Å². The smallest absolute Gasteiger partial charge is 0.119 e. The van der Waals surface area contributed by atoms with E-state index in [4.69, 9.17) is 4.74 Å². The third kappa shape index (κ3) is 2.60. The number of aliphatic hydroxyl groups excluding tert-OH is 1. The van der Waals surface area contributed by atoms with E-state index in [1.807, 2.05) is 12.1 Å². The number of nitrogens with zero attached hydrogens (tertiary/aromatic N) is 2. The lowest BCUT2D eigenvalue weighted by Gasteiger charge is -2.44. The van der Waals surface area contributed by atoms with Crippen LogP contribution in [0.5, 0.6) is 5.75 Å². The predicted octanol–water partition coefficient (Wildman–Crippen LogP) is 1.20. The van der Waals surface area contributed by atoms with Gasteiger partial charge in [-0.15, -0.1) is 0 Å². The number of piperazine rings is 1. The summed E-state index contributed by atoms with van der Waals surface area (Å²) in [4.78, 5) is 4.57. The summed E-state index contributed by atoms with van der Waals surface area (Å²) in [6.07, 6.45) is 0. The molecule has 1 aromatic rings. The molecular weight excluding hydrogens is 228 g/mol. The van der Waals surface area contributed by atoms with E-state index in [-0.39, 0.29) is 12.6 Å². The standard InChI is InChI=1S/C14H22N2O2/c1-11-8-16(13(10-17)9-15(11)2)12-4-6-14(18-3)7-5-12/h4-7,11,13,17H,8-10H2,1-3H3. The summed E-state index contributed by atoms with van der Waals surface area (Å²) in [5, 5.41) is 9.53. The van der Waals surface area contributed by atoms with E-state index in [1.54, 1.807) is 7.11 Å². The molecule has 1 aromatic carbocycles. The van der Waals surface area contributed by atoms with Gasteiger partial charge >= 0.3 is 0 Å². The van der Waals surface area contributed by atoms with E-state index in [0.29, 0.717) is 6.04 Å². The Kier molecular flexibility index (Phi) is 4.09. The van der Waals surface area contributed by atoms with Crippen LogP contribution in [0.1, 0.15) is 6.92 Å². The van der Waals surface area contributed by atoms with Gasteiger partial charge in [0.2, 0.25) is 0 Å². The van der Waals surface area contributed by atoms with Crippen LogP contribution in [-0.4, -0.2) is 55.9 Å². The van der Waals surface area contributed by atoms with E-state index in [2.05, 4.69) is 35.9 Å². The van der Waals surface area contributed by atoms with Gasteiger partial charge in [-0.1, -0.05) is 0 Å². The van der Waals surface area contributed by atoms with Gasteiger partial charge in [-0.2, -0.15) is 0 Å². The molecule has 1 heterocycles. The van der Waals surface area contributed by atoms with Crippen molar-refractivity contribution in [2.24, 2.45) is 0 Å². The van der Waals surface area contributed by atoms with Gasteiger partial charge in [0, 0.05) is 24.8 Å². The zero-order valence-corrected chi connectivity index (χ0v) is 11.3. The third-order valence-corrected chi connectivity index (χ3v) is 3.77. The monoisotopic (exact) mass is 250 g/mol. The maximum absolute atomic E-state index is 9.53. The molecule has 1 N–H and O–H groups in total. The van der Waals surface area contributed by atoms with Gasteiger partial charge in [0.25, 0.3) is 0 Å². The maximum Gasteiger partial charge on any atom is 0.119 e. The molecule has 100 valence electrons. The molecule has 2 atom stereocenters. The lowest BCUT2D eigenvalue weighted by atomic mass is 10.1. The van der Waals surface area contributed by atoms with Crippen LogP contribution in [0.2, 0.25) is 0 Å². The minimum atomic E-state index is 0.166. The van der Waals surface area contributed by atoms with E-state index >= 15 is 0 Å². The fourth-order valence-electron chi connectivity index (χ4n) is 2.43. The number of hydrogen-bond donors (Lipinski definition) is 1. The number of rotatable bonds is 3. The predicted molar refractivity (Wildman–Crippen MR) is 73.3 cm³/mol. The van der Waals surface area contributed by atoms with E-state index in [1.165, 1.54) is 0 Å². The highest BCUT2D eigenvalue weighted by Crippen LogP contribution is 2.24. The highest BCUT2D eigenvalue weighted by molar-refractivity contribution is 5.50. The fourth-order valence-corrected chi connectivity index (χ4v) is 2.43. The van der Waals surface area contributed by atoms with Gasteiger partial charge in [0.1, 0.15) is 5.75 Å². The quantitative estimate of drug-likeness (QED) is 0.874. The fraction of sp³-hybridized carbons (Fsp3) is 0.571. The number of hydrogen-bond acceptors (Lipinski definition) is 4. The molecule has 4 heteroatoms. The summed E-state index contributed by atoms with van der Waals surface area (Å²) < 4.78 is 5.17. The second-order valence-electron chi connectivity index (χ2n) is 4.98. The number of anilines is 1. The van der Waals surface area contributed by atoms with Gasteiger partial charge in [0.05, 0.1) is 19.8 Å². The van der Waals surface area contributed by atoms with Crippen molar-refractivity contribution in [3.8, 4) is 5.75 Å². The zero-order valence-electron chi connectivity index (χ0n) is 11.3. The van der Waals surface area contributed by atoms with E-state index in [9.17, 15) is 5.11 Å². The Hall–Kier alpha value is -1.26. The lowest BCUT2D eigenvalue weighted by Crippen LogP contribution is -2.57. The maximum atomic E-state index is 9.53. The largest absolute Gasteiger partial charge is 0.497 e. The zero-order chi connectivity index (χ0) is 13.1. The number of likely N-dealkylation sites (N-methyl/N-ethyl adjacent to an activating group) is 1. The van der Waals surface area contributed by atoms with Crippen molar-refractivity contribution in [2.45, 2.75) is 19.0 Å². The molecule has 1 aliphatic heterocycles. The van der Waals surface area contributed by atoms with Crippen molar-refractivity contribution in [3.63, 3.8) is 0 Å². The van der Waals surface area contributed by atoms with Gasteiger partial charge in [-0.05, 0) is 38.2 Å². The van der Waals surface area contributed by atoms with Crippen molar-refractivity contribution < 1.29 is 9.84 Å². The second kappa shape index (κ2) is 5.59. The topological polar surface area (TPSA) is 35.9 Å². The van der Waals surface area contributed by atoms with Crippen LogP contribution >= 0.6 is 0 Å². The van der Waals surface area contributed by atoms with Crippen LogP contribution < -0.4 is 9.64 Å². The normalized spacial score (nSPS) is 25.2. The summed E-state index contributed by atoms with van der Waals surface area (Å²) in [5.74, 6) is 0.862. The number of ether oxygens (including phenoxy) is 1. The average Bonchev–Trinajstić information content (AvgIpc) is 2.41. The van der Waals surface area contributed by atoms with E-state index < -0.39 is 0 Å². The Morgan fingerprint density at radius 3 is 2.50 bits per heavy atom. The highest BCUT2D eigenvalue weighted by Gasteiger charge is 2.29. The Balaban J connectivity index is 2.18. The molecule has 1 aliphatic rings. The molecule has 2 rings (SSSR count). The SMILES string of the molecule is COc1ccc(N2CC(C)N(C)CC2CO)cc1. The molecule has 0 amide bonds. The second-order valence-corrected chi connectivity index (χ2v) is 4.98. The number of methoxy groups -OCH3 is 1. The van der Waals surface area contributed by atoms with Crippen molar-refractivity contribution in [1.82, 2.24) is 4.90 Å². The van der Waals surface area contributed by atoms with Crippen molar-refractivity contribution in [1.29, 1.82) is 0 Å². The first-order valence-electron chi connectivity index (χ1n) is 6.37. The molecule has 1 saturated heterocycles.